The number of hydrogen-bond donors (Lipinski definition) is 2. The molecule has 2 aromatic carbocycles. The average Bonchev–Trinajstić information content (AvgIpc) is 2.63. The average molecular weight is 391 g/mol. The zero-order chi connectivity index (χ0) is 19.9. The molecule has 0 radical (unpaired) electrons. The third kappa shape index (κ3) is 6.08. The summed E-state index contributed by atoms with van der Waals surface area (Å²) in [6, 6.07) is 13.1. The van der Waals surface area contributed by atoms with Crippen LogP contribution in [-0.4, -0.2) is 33.6 Å². The molecular weight excluding hydrogens is 364 g/mol. The second-order valence-corrected chi connectivity index (χ2v) is 8.11. The lowest BCUT2D eigenvalue weighted by molar-refractivity contribution is 0.0757. The van der Waals surface area contributed by atoms with Crippen molar-refractivity contribution in [2.45, 2.75) is 38.2 Å². The molecule has 0 aliphatic heterocycles. The van der Waals surface area contributed by atoms with E-state index in [0.717, 1.165) is 0 Å². The molecule has 2 aromatic rings. The van der Waals surface area contributed by atoms with Crippen molar-refractivity contribution in [3.05, 3.63) is 59.7 Å². The highest BCUT2D eigenvalue weighted by molar-refractivity contribution is 7.92. The summed E-state index contributed by atoms with van der Waals surface area (Å²) in [5, 5.41) is 2.84. The molecule has 0 unspecified atom stereocenters. The van der Waals surface area contributed by atoms with Crippen LogP contribution in [0, 0.1) is 6.92 Å². The third-order valence-corrected chi connectivity index (χ3v) is 5.32. The molecule has 6 nitrogen and oxygen atoms in total. The van der Waals surface area contributed by atoms with Crippen LogP contribution < -0.4 is 10.0 Å². The topological polar surface area (TPSA) is 84.5 Å². The molecule has 1 amide bonds. The molecule has 2 N–H and O–H groups in total. The van der Waals surface area contributed by atoms with Gasteiger partial charge in [-0.1, -0.05) is 24.3 Å². The molecule has 0 saturated heterocycles. The summed E-state index contributed by atoms with van der Waals surface area (Å²) in [5.74, 6) is -0.238. The minimum Gasteiger partial charge on any atom is -0.379 e. The van der Waals surface area contributed by atoms with Gasteiger partial charge in [-0.2, -0.15) is 0 Å². The Balaban J connectivity index is 2.06. The molecule has 0 heterocycles. The summed E-state index contributed by atoms with van der Waals surface area (Å²) in [6.45, 7) is 6.71. The van der Waals surface area contributed by atoms with Gasteiger partial charge in [0.1, 0.15) is 0 Å². The summed E-state index contributed by atoms with van der Waals surface area (Å²) in [7, 11) is -3.71. The molecule has 27 heavy (non-hydrogen) atoms. The molecule has 0 atom stereocenters. The van der Waals surface area contributed by atoms with E-state index >= 15 is 0 Å². The number of rotatable bonds is 9. The lowest BCUT2D eigenvalue weighted by atomic mass is 10.1. The van der Waals surface area contributed by atoms with E-state index in [1.54, 1.807) is 43.3 Å². The van der Waals surface area contributed by atoms with E-state index in [-0.39, 0.29) is 16.9 Å². The lowest BCUT2D eigenvalue weighted by Crippen LogP contribution is -2.26. The van der Waals surface area contributed by atoms with Gasteiger partial charge in [0.2, 0.25) is 0 Å². The number of anilines is 1. The Morgan fingerprint density at radius 1 is 1.07 bits per heavy atom. The maximum atomic E-state index is 12.5. The van der Waals surface area contributed by atoms with E-state index in [2.05, 4.69) is 10.0 Å². The molecular formula is C20H26N2O4S. The Labute approximate surface area is 161 Å². The molecule has 7 heteroatoms. The zero-order valence-corrected chi connectivity index (χ0v) is 16.7. The minimum atomic E-state index is -3.71. The van der Waals surface area contributed by atoms with E-state index in [4.69, 9.17) is 4.74 Å². The van der Waals surface area contributed by atoms with Crippen LogP contribution in [0.25, 0.3) is 0 Å². The maximum Gasteiger partial charge on any atom is 0.261 e. The van der Waals surface area contributed by atoms with E-state index in [9.17, 15) is 13.2 Å². The van der Waals surface area contributed by atoms with Crippen LogP contribution in [0.2, 0.25) is 0 Å². The van der Waals surface area contributed by atoms with Crippen LogP contribution in [0.3, 0.4) is 0 Å². The molecule has 2 rings (SSSR count). The smallest absolute Gasteiger partial charge is 0.261 e. The van der Waals surface area contributed by atoms with Gasteiger partial charge in [0.15, 0.2) is 0 Å². The van der Waals surface area contributed by atoms with Crippen molar-refractivity contribution in [3.8, 4) is 0 Å². The first kappa shape index (κ1) is 20.9. The first-order valence-corrected chi connectivity index (χ1v) is 10.4. The van der Waals surface area contributed by atoms with Gasteiger partial charge >= 0.3 is 0 Å². The molecule has 0 fully saturated rings. The van der Waals surface area contributed by atoms with Gasteiger partial charge in [0.25, 0.3) is 15.9 Å². The minimum absolute atomic E-state index is 0.164. The number of carbonyl (C=O) groups is 1. The van der Waals surface area contributed by atoms with E-state index in [1.165, 1.54) is 12.1 Å². The number of benzene rings is 2. The summed E-state index contributed by atoms with van der Waals surface area (Å²) in [4.78, 5) is 12.6. The van der Waals surface area contributed by atoms with Crippen LogP contribution in [-0.2, 0) is 14.8 Å². The zero-order valence-electron chi connectivity index (χ0n) is 15.9. The number of sulfonamides is 1. The Bertz CT molecular complexity index is 865. The Kier molecular flexibility index (Phi) is 7.38. The summed E-state index contributed by atoms with van der Waals surface area (Å²) in [6.07, 6.45) is 0.876. The van der Waals surface area contributed by atoms with E-state index in [0.29, 0.717) is 36.4 Å². The van der Waals surface area contributed by atoms with Crippen LogP contribution in [0.4, 0.5) is 5.69 Å². The van der Waals surface area contributed by atoms with Crippen LogP contribution in [0.1, 0.15) is 36.2 Å². The number of carbonyl (C=O) groups excluding carboxylic acids is 1. The van der Waals surface area contributed by atoms with Crippen molar-refractivity contribution in [1.82, 2.24) is 5.32 Å². The number of hydrogen-bond acceptors (Lipinski definition) is 4. The lowest BCUT2D eigenvalue weighted by Gasteiger charge is -2.14. The van der Waals surface area contributed by atoms with Crippen molar-refractivity contribution in [2.24, 2.45) is 0 Å². The van der Waals surface area contributed by atoms with Gasteiger partial charge in [-0.25, -0.2) is 8.42 Å². The first-order chi connectivity index (χ1) is 12.8. The van der Waals surface area contributed by atoms with Crippen molar-refractivity contribution in [2.75, 3.05) is 17.9 Å². The molecule has 0 aromatic heterocycles. The first-order valence-electron chi connectivity index (χ1n) is 8.88. The predicted molar refractivity (Wildman–Crippen MR) is 106 cm³/mol. The summed E-state index contributed by atoms with van der Waals surface area (Å²) >= 11 is 0. The molecule has 0 aliphatic rings. The van der Waals surface area contributed by atoms with E-state index in [1.807, 2.05) is 13.8 Å². The predicted octanol–water partition coefficient (Wildman–Crippen LogP) is 3.34. The standard InChI is InChI=1S/C20H26N2O4S/c1-15(2)26-14-8-13-21-20(23)18-11-7-12-19(16(18)3)22-27(24,25)17-9-5-4-6-10-17/h4-7,9-12,15,22H,8,13-14H2,1-3H3,(H,21,23). The normalized spacial score (nSPS) is 11.4. The van der Waals surface area contributed by atoms with Crippen molar-refractivity contribution >= 4 is 21.6 Å². The fourth-order valence-electron chi connectivity index (χ4n) is 2.48. The Morgan fingerprint density at radius 3 is 2.44 bits per heavy atom. The van der Waals surface area contributed by atoms with Gasteiger partial charge in [-0.15, -0.1) is 0 Å². The SMILES string of the molecule is Cc1c(NS(=O)(=O)c2ccccc2)cccc1C(=O)NCCCOC(C)C. The van der Waals surface area contributed by atoms with Crippen molar-refractivity contribution in [3.63, 3.8) is 0 Å². The van der Waals surface area contributed by atoms with E-state index < -0.39 is 10.0 Å². The van der Waals surface area contributed by atoms with Gasteiger partial charge in [-0.3, -0.25) is 9.52 Å². The number of amides is 1. The Hall–Kier alpha value is -2.38. The second kappa shape index (κ2) is 9.53. The largest absolute Gasteiger partial charge is 0.379 e. The summed E-state index contributed by atoms with van der Waals surface area (Å²) < 4.78 is 33.0. The van der Waals surface area contributed by atoms with Gasteiger partial charge in [0.05, 0.1) is 16.7 Å². The highest BCUT2D eigenvalue weighted by Crippen LogP contribution is 2.22. The quantitative estimate of drug-likeness (QED) is 0.643. The number of nitrogens with one attached hydrogen (secondary N) is 2. The van der Waals surface area contributed by atoms with Gasteiger partial charge in [-0.05, 0) is 57.0 Å². The van der Waals surface area contributed by atoms with Gasteiger partial charge in [0, 0.05) is 18.7 Å². The van der Waals surface area contributed by atoms with Crippen LogP contribution in [0.5, 0.6) is 0 Å². The van der Waals surface area contributed by atoms with Crippen molar-refractivity contribution in [1.29, 1.82) is 0 Å². The fourth-order valence-corrected chi connectivity index (χ4v) is 3.63. The molecule has 0 spiro atoms. The van der Waals surface area contributed by atoms with Crippen LogP contribution >= 0.6 is 0 Å². The monoisotopic (exact) mass is 390 g/mol. The molecule has 0 bridgehead atoms. The highest BCUT2D eigenvalue weighted by Gasteiger charge is 2.17. The maximum absolute atomic E-state index is 12.5. The van der Waals surface area contributed by atoms with Crippen LogP contribution in [0.15, 0.2) is 53.4 Å². The highest BCUT2D eigenvalue weighted by atomic mass is 32.2. The van der Waals surface area contributed by atoms with Gasteiger partial charge < -0.3 is 10.1 Å². The fraction of sp³-hybridized carbons (Fsp3) is 0.350. The number of ether oxygens (including phenoxy) is 1. The third-order valence-electron chi connectivity index (χ3n) is 3.93. The molecule has 146 valence electrons. The molecule has 0 saturated carbocycles. The Morgan fingerprint density at radius 2 is 1.78 bits per heavy atom. The molecule has 0 aliphatic carbocycles. The second-order valence-electron chi connectivity index (χ2n) is 6.43. The summed E-state index contributed by atoms with van der Waals surface area (Å²) in [5.41, 5.74) is 1.40. The van der Waals surface area contributed by atoms with Crippen molar-refractivity contribution < 1.29 is 17.9 Å².